The van der Waals surface area contributed by atoms with E-state index in [1.807, 2.05) is 20.8 Å². The van der Waals surface area contributed by atoms with Crippen LogP contribution >= 0.6 is 12.0 Å². The van der Waals surface area contributed by atoms with Crippen LogP contribution in [0.25, 0.3) is 0 Å². The molecule has 116 valence electrons. The van der Waals surface area contributed by atoms with Crippen LogP contribution in [-0.4, -0.2) is 24.3 Å². The first-order chi connectivity index (χ1) is 9.80. The van der Waals surface area contributed by atoms with Gasteiger partial charge >= 0.3 is 6.16 Å². The molecule has 21 heavy (non-hydrogen) atoms. The summed E-state index contributed by atoms with van der Waals surface area (Å²) in [5.74, 6) is 0.395. The smallest absolute Gasteiger partial charge is 0.497 e. The van der Waals surface area contributed by atoms with Crippen molar-refractivity contribution in [2.24, 2.45) is 5.41 Å². The molecule has 7 heteroatoms. The summed E-state index contributed by atoms with van der Waals surface area (Å²) in [6.07, 6.45) is -0.725. The van der Waals surface area contributed by atoms with E-state index < -0.39 is 11.6 Å². The van der Waals surface area contributed by atoms with Gasteiger partial charge in [-0.25, -0.2) is 4.79 Å². The summed E-state index contributed by atoms with van der Waals surface area (Å²) in [7, 11) is 1.50. The Balaban J connectivity index is 2.99. The van der Waals surface area contributed by atoms with Crippen LogP contribution in [0.5, 0.6) is 5.75 Å². The van der Waals surface area contributed by atoms with Gasteiger partial charge in [0.15, 0.2) is 0 Å². The van der Waals surface area contributed by atoms with E-state index in [0.717, 1.165) is 0 Å². The lowest BCUT2D eigenvalue weighted by Gasteiger charge is -2.22. The van der Waals surface area contributed by atoms with Crippen LogP contribution in [0, 0.1) is 5.41 Å². The topological polar surface area (TPSA) is 84.9 Å². The summed E-state index contributed by atoms with van der Waals surface area (Å²) in [6, 6.07) is 4.93. The van der Waals surface area contributed by atoms with Gasteiger partial charge < -0.3 is 19.3 Å². The predicted molar refractivity (Wildman–Crippen MR) is 80.7 cm³/mol. The molecular formula is C14H19NO5S. The second-order valence-electron chi connectivity index (χ2n) is 4.99. The van der Waals surface area contributed by atoms with E-state index in [9.17, 15) is 9.59 Å². The van der Waals surface area contributed by atoms with Crippen LogP contribution in [-0.2, 0) is 8.98 Å². The molecule has 0 radical (unpaired) electrons. The maximum atomic E-state index is 12.2. The molecule has 0 spiro atoms. The molecule has 0 atom stereocenters. The summed E-state index contributed by atoms with van der Waals surface area (Å²) in [5, 5.41) is 11.4. The molecule has 1 rings (SSSR count). The third kappa shape index (κ3) is 4.86. The molecule has 2 N–H and O–H groups in total. The fourth-order valence-corrected chi connectivity index (χ4v) is 1.87. The molecule has 0 aliphatic heterocycles. The van der Waals surface area contributed by atoms with E-state index in [-0.39, 0.29) is 5.91 Å². The maximum Gasteiger partial charge on any atom is 0.518 e. The molecule has 0 heterocycles. The van der Waals surface area contributed by atoms with Gasteiger partial charge in [0.25, 0.3) is 0 Å². The number of methoxy groups -OCH3 is 1. The van der Waals surface area contributed by atoms with E-state index >= 15 is 0 Å². The monoisotopic (exact) mass is 313 g/mol. The third-order valence-electron chi connectivity index (χ3n) is 3.14. The van der Waals surface area contributed by atoms with Crippen LogP contribution < -0.4 is 10.1 Å². The molecule has 0 fully saturated rings. The number of anilines is 1. The molecular weight excluding hydrogens is 294 g/mol. The summed E-state index contributed by atoms with van der Waals surface area (Å²) >= 11 is 0.651. The Bertz CT molecular complexity index is 530. The van der Waals surface area contributed by atoms with E-state index in [0.29, 0.717) is 34.8 Å². The van der Waals surface area contributed by atoms with Crippen LogP contribution in [0.15, 0.2) is 23.1 Å². The van der Waals surface area contributed by atoms with Crippen LogP contribution in [0.3, 0.4) is 0 Å². The van der Waals surface area contributed by atoms with Gasteiger partial charge in [0, 0.05) is 5.41 Å². The van der Waals surface area contributed by atoms with Crippen molar-refractivity contribution < 1.29 is 23.6 Å². The quantitative estimate of drug-likeness (QED) is 0.778. The number of carbonyl (C=O) groups excluding carboxylic acids is 1. The Hall–Kier alpha value is -1.89. The third-order valence-corrected chi connectivity index (χ3v) is 3.88. The molecule has 0 saturated carbocycles. The predicted octanol–water partition coefficient (Wildman–Crippen LogP) is 3.77. The van der Waals surface area contributed by atoms with E-state index in [4.69, 9.17) is 9.84 Å². The number of carbonyl (C=O) groups is 2. The van der Waals surface area contributed by atoms with E-state index in [2.05, 4.69) is 9.50 Å². The van der Waals surface area contributed by atoms with Crippen molar-refractivity contribution in [3.05, 3.63) is 18.2 Å². The number of benzene rings is 1. The van der Waals surface area contributed by atoms with Crippen molar-refractivity contribution in [2.75, 3.05) is 12.4 Å². The van der Waals surface area contributed by atoms with Crippen molar-refractivity contribution in [1.29, 1.82) is 0 Å². The van der Waals surface area contributed by atoms with Crippen LogP contribution in [0.2, 0.25) is 0 Å². The van der Waals surface area contributed by atoms with Gasteiger partial charge in [0.1, 0.15) is 17.8 Å². The van der Waals surface area contributed by atoms with E-state index in [1.54, 1.807) is 18.2 Å². The minimum Gasteiger partial charge on any atom is -0.497 e. The molecule has 0 saturated heterocycles. The summed E-state index contributed by atoms with van der Waals surface area (Å²) in [4.78, 5) is 23.2. The Morgan fingerprint density at radius 1 is 1.38 bits per heavy atom. The van der Waals surface area contributed by atoms with Crippen molar-refractivity contribution in [2.45, 2.75) is 32.1 Å². The summed E-state index contributed by atoms with van der Waals surface area (Å²) < 4.78 is 9.57. The van der Waals surface area contributed by atoms with E-state index in [1.165, 1.54) is 7.11 Å². The highest BCUT2D eigenvalue weighted by Crippen LogP contribution is 2.33. The first-order valence-electron chi connectivity index (χ1n) is 6.37. The molecule has 1 aromatic carbocycles. The van der Waals surface area contributed by atoms with Gasteiger partial charge in [0.05, 0.1) is 17.7 Å². The second-order valence-corrected chi connectivity index (χ2v) is 5.76. The number of nitrogens with one attached hydrogen (secondary N) is 1. The van der Waals surface area contributed by atoms with Crippen molar-refractivity contribution in [3.8, 4) is 5.75 Å². The number of hydrogen-bond acceptors (Lipinski definition) is 5. The number of amides is 1. The Morgan fingerprint density at radius 3 is 2.57 bits per heavy atom. The Morgan fingerprint density at radius 2 is 2.05 bits per heavy atom. The van der Waals surface area contributed by atoms with Crippen LogP contribution in [0.4, 0.5) is 10.5 Å². The lowest BCUT2D eigenvalue weighted by molar-refractivity contribution is -0.124. The van der Waals surface area contributed by atoms with Gasteiger partial charge in [-0.1, -0.05) is 20.8 Å². The zero-order valence-corrected chi connectivity index (χ0v) is 13.2. The van der Waals surface area contributed by atoms with Crippen molar-refractivity contribution in [3.63, 3.8) is 0 Å². The zero-order chi connectivity index (χ0) is 16.0. The molecule has 6 nitrogen and oxygen atoms in total. The first kappa shape index (κ1) is 17.2. The molecule has 0 aromatic heterocycles. The van der Waals surface area contributed by atoms with Gasteiger partial charge in [0.2, 0.25) is 5.91 Å². The van der Waals surface area contributed by atoms with Gasteiger partial charge in [-0.15, -0.1) is 0 Å². The fourth-order valence-electron chi connectivity index (χ4n) is 1.33. The lowest BCUT2D eigenvalue weighted by Crippen LogP contribution is -2.30. The van der Waals surface area contributed by atoms with Crippen molar-refractivity contribution in [1.82, 2.24) is 0 Å². The minimum absolute atomic E-state index is 0.146. The largest absolute Gasteiger partial charge is 0.518 e. The SMILES string of the molecule is CCC(C)(C)C(=O)Nc1ccc(OC)cc1SOC(=O)O. The first-order valence-corrected chi connectivity index (χ1v) is 7.11. The zero-order valence-electron chi connectivity index (χ0n) is 12.4. The highest BCUT2D eigenvalue weighted by molar-refractivity contribution is 7.95. The standard InChI is InChI=1S/C14H19NO5S/c1-5-14(2,3)12(16)15-10-7-6-9(19-4)8-11(10)21-20-13(17)18/h6-8H,5H2,1-4H3,(H,15,16)(H,17,18). The average molecular weight is 313 g/mol. The summed E-state index contributed by atoms with van der Waals surface area (Å²) in [5.41, 5.74) is -0.0382. The molecule has 1 amide bonds. The molecule has 0 aliphatic rings. The molecule has 0 bridgehead atoms. The number of hydrogen-bond donors (Lipinski definition) is 2. The number of rotatable bonds is 6. The molecule has 0 aliphatic carbocycles. The maximum absolute atomic E-state index is 12.2. The molecule has 1 aromatic rings. The minimum atomic E-state index is -1.41. The lowest BCUT2D eigenvalue weighted by atomic mass is 9.89. The fraction of sp³-hybridized carbons (Fsp3) is 0.429. The van der Waals surface area contributed by atoms with Crippen LogP contribution in [0.1, 0.15) is 27.2 Å². The number of ether oxygens (including phenoxy) is 1. The number of carboxylic acid groups (broad SMARTS) is 1. The Kier molecular flexibility index (Phi) is 5.90. The second kappa shape index (κ2) is 7.21. The Labute approximate surface area is 128 Å². The highest BCUT2D eigenvalue weighted by atomic mass is 32.2. The van der Waals surface area contributed by atoms with Gasteiger partial charge in [-0.05, 0) is 24.6 Å². The summed E-state index contributed by atoms with van der Waals surface area (Å²) in [6.45, 7) is 5.61. The average Bonchev–Trinajstić information content (AvgIpc) is 2.45. The van der Waals surface area contributed by atoms with Crippen molar-refractivity contribution >= 4 is 29.8 Å². The highest BCUT2D eigenvalue weighted by Gasteiger charge is 2.26. The molecule has 0 unspecified atom stereocenters. The van der Waals surface area contributed by atoms with Gasteiger partial charge in [-0.2, -0.15) is 0 Å². The van der Waals surface area contributed by atoms with Gasteiger partial charge in [-0.3, -0.25) is 4.79 Å². The normalized spacial score (nSPS) is 10.9.